The van der Waals surface area contributed by atoms with E-state index in [9.17, 15) is 0 Å². The van der Waals surface area contributed by atoms with Crippen LogP contribution < -0.4 is 9.47 Å². The molecule has 0 radical (unpaired) electrons. The van der Waals surface area contributed by atoms with E-state index in [0.29, 0.717) is 29.6 Å². The Labute approximate surface area is 98.3 Å². The summed E-state index contributed by atoms with van der Waals surface area (Å²) in [5, 5.41) is 0. The van der Waals surface area contributed by atoms with Crippen LogP contribution in [0.25, 0.3) is 11.1 Å². The third kappa shape index (κ3) is 2.06. The minimum Gasteiger partial charge on any atom is -0.496 e. The van der Waals surface area contributed by atoms with Gasteiger partial charge in [-0.1, -0.05) is 0 Å². The highest BCUT2D eigenvalue weighted by atomic mass is 16.6. The van der Waals surface area contributed by atoms with Crippen molar-refractivity contribution in [3.63, 3.8) is 0 Å². The molecule has 1 aliphatic heterocycles. The van der Waals surface area contributed by atoms with Gasteiger partial charge in [-0.3, -0.25) is 0 Å². The average molecular weight is 235 g/mol. The number of ether oxygens (including phenoxy) is 3. The van der Waals surface area contributed by atoms with Crippen molar-refractivity contribution in [2.75, 3.05) is 20.3 Å². The van der Waals surface area contributed by atoms with Crippen LogP contribution in [0.5, 0.6) is 11.5 Å². The van der Waals surface area contributed by atoms with Crippen molar-refractivity contribution in [3.8, 4) is 11.5 Å². The van der Waals surface area contributed by atoms with Gasteiger partial charge in [-0.2, -0.15) is 0 Å². The second-order valence-electron chi connectivity index (χ2n) is 3.97. The first-order chi connectivity index (χ1) is 8.26. The van der Waals surface area contributed by atoms with Crippen LogP contribution in [0.2, 0.25) is 0 Å². The van der Waals surface area contributed by atoms with Crippen molar-refractivity contribution in [1.29, 1.82) is 0 Å². The van der Waals surface area contributed by atoms with Crippen LogP contribution in [0.15, 0.2) is 16.5 Å². The van der Waals surface area contributed by atoms with Gasteiger partial charge in [0, 0.05) is 19.1 Å². The number of benzene rings is 1. The normalized spacial score (nSPS) is 18.4. The Hall–Kier alpha value is -1.75. The van der Waals surface area contributed by atoms with Crippen LogP contribution in [0.3, 0.4) is 0 Å². The summed E-state index contributed by atoms with van der Waals surface area (Å²) >= 11 is 0. The van der Waals surface area contributed by atoms with E-state index in [4.69, 9.17) is 18.6 Å². The van der Waals surface area contributed by atoms with Gasteiger partial charge in [-0.05, 0) is 0 Å². The summed E-state index contributed by atoms with van der Waals surface area (Å²) in [4.78, 5) is 4.30. The van der Waals surface area contributed by atoms with Gasteiger partial charge in [0.05, 0.1) is 13.7 Å². The molecular weight excluding hydrogens is 222 g/mol. The first-order valence-corrected chi connectivity index (χ1v) is 5.46. The Morgan fingerprint density at radius 1 is 1.47 bits per heavy atom. The van der Waals surface area contributed by atoms with Crippen LogP contribution in [0, 0.1) is 6.92 Å². The van der Waals surface area contributed by atoms with Crippen molar-refractivity contribution >= 4 is 11.1 Å². The second-order valence-corrected chi connectivity index (χ2v) is 3.97. The van der Waals surface area contributed by atoms with Gasteiger partial charge in [-0.25, -0.2) is 4.98 Å². The summed E-state index contributed by atoms with van der Waals surface area (Å²) in [5.41, 5.74) is 1.40. The van der Waals surface area contributed by atoms with E-state index in [1.54, 1.807) is 20.1 Å². The maximum atomic E-state index is 5.67. The molecule has 0 bridgehead atoms. The summed E-state index contributed by atoms with van der Waals surface area (Å²) in [5.74, 6) is 1.98. The van der Waals surface area contributed by atoms with Crippen LogP contribution in [0.1, 0.15) is 5.89 Å². The molecule has 0 unspecified atom stereocenters. The van der Waals surface area contributed by atoms with Crippen LogP contribution in [-0.2, 0) is 4.74 Å². The number of rotatable bonds is 4. The third-order valence-corrected chi connectivity index (χ3v) is 2.60. The van der Waals surface area contributed by atoms with E-state index in [-0.39, 0.29) is 6.10 Å². The van der Waals surface area contributed by atoms with E-state index in [0.717, 1.165) is 12.1 Å². The Kier molecular flexibility index (Phi) is 2.40. The van der Waals surface area contributed by atoms with E-state index in [1.807, 2.05) is 6.07 Å². The molecule has 1 aromatic heterocycles. The second kappa shape index (κ2) is 3.92. The maximum Gasteiger partial charge on any atom is 0.192 e. The SMILES string of the molecule is COc1cc(OC[C@@H]2CO2)c2nc(C)oc2c1. The number of aryl methyl sites for hydroxylation is 1. The largest absolute Gasteiger partial charge is 0.496 e. The lowest BCUT2D eigenvalue weighted by molar-refractivity contribution is 0.264. The molecule has 0 amide bonds. The molecule has 0 aliphatic carbocycles. The van der Waals surface area contributed by atoms with Gasteiger partial charge in [0.2, 0.25) is 0 Å². The highest BCUT2D eigenvalue weighted by Gasteiger charge is 2.24. The van der Waals surface area contributed by atoms with Crippen molar-refractivity contribution in [3.05, 3.63) is 18.0 Å². The average Bonchev–Trinajstić information content (AvgIpc) is 3.06. The van der Waals surface area contributed by atoms with Crippen molar-refractivity contribution in [2.45, 2.75) is 13.0 Å². The molecule has 1 atom stereocenters. The minimum absolute atomic E-state index is 0.212. The Morgan fingerprint density at radius 3 is 3.00 bits per heavy atom. The molecule has 0 N–H and O–H groups in total. The number of nitrogens with zero attached hydrogens (tertiary/aromatic N) is 1. The van der Waals surface area contributed by atoms with Gasteiger partial charge in [0.1, 0.15) is 18.5 Å². The monoisotopic (exact) mass is 235 g/mol. The van der Waals surface area contributed by atoms with Gasteiger partial charge < -0.3 is 18.6 Å². The predicted molar refractivity (Wildman–Crippen MR) is 60.5 cm³/mol. The zero-order valence-electron chi connectivity index (χ0n) is 9.73. The highest BCUT2D eigenvalue weighted by Crippen LogP contribution is 2.31. The molecule has 1 fully saturated rings. The standard InChI is InChI=1S/C12H13NO4/c1-7-13-12-10(16-6-9-5-15-9)3-8(14-2)4-11(12)17-7/h3-4,9H,5-6H2,1-2H3/t9-/m0/s1. The molecule has 5 heteroatoms. The molecular formula is C12H13NO4. The fraction of sp³-hybridized carbons (Fsp3) is 0.417. The number of hydrogen-bond acceptors (Lipinski definition) is 5. The molecule has 0 saturated carbocycles. The molecule has 3 rings (SSSR count). The van der Waals surface area contributed by atoms with Crippen LogP contribution in [-0.4, -0.2) is 31.4 Å². The first-order valence-electron chi connectivity index (χ1n) is 5.46. The molecule has 17 heavy (non-hydrogen) atoms. The van der Waals surface area contributed by atoms with Crippen molar-refractivity contribution in [2.24, 2.45) is 0 Å². The molecule has 1 saturated heterocycles. The third-order valence-electron chi connectivity index (χ3n) is 2.60. The fourth-order valence-corrected chi connectivity index (χ4v) is 1.66. The summed E-state index contributed by atoms with van der Waals surface area (Å²) in [6, 6.07) is 3.61. The molecule has 2 heterocycles. The number of methoxy groups -OCH3 is 1. The van der Waals surface area contributed by atoms with Crippen molar-refractivity contribution < 1.29 is 18.6 Å². The summed E-state index contributed by atoms with van der Waals surface area (Å²) in [6.07, 6.45) is 0.212. The highest BCUT2D eigenvalue weighted by molar-refractivity contribution is 5.81. The van der Waals surface area contributed by atoms with Gasteiger partial charge in [0.15, 0.2) is 22.7 Å². The number of fused-ring (bicyclic) bond motifs is 1. The summed E-state index contributed by atoms with van der Waals surface area (Å²) < 4.78 is 21.4. The van der Waals surface area contributed by atoms with E-state index < -0.39 is 0 Å². The predicted octanol–water partition coefficient (Wildman–Crippen LogP) is 1.92. The zero-order chi connectivity index (χ0) is 11.8. The maximum absolute atomic E-state index is 5.67. The van der Waals surface area contributed by atoms with Gasteiger partial charge in [0.25, 0.3) is 0 Å². The molecule has 0 spiro atoms. The quantitative estimate of drug-likeness (QED) is 0.758. The van der Waals surface area contributed by atoms with E-state index in [2.05, 4.69) is 4.98 Å². The summed E-state index contributed by atoms with van der Waals surface area (Å²) in [6.45, 7) is 3.11. The number of epoxide rings is 1. The number of hydrogen-bond donors (Lipinski definition) is 0. The fourth-order valence-electron chi connectivity index (χ4n) is 1.66. The number of aromatic nitrogens is 1. The van der Waals surface area contributed by atoms with Gasteiger partial charge in [-0.15, -0.1) is 0 Å². The molecule has 5 nitrogen and oxygen atoms in total. The van der Waals surface area contributed by atoms with Crippen molar-refractivity contribution in [1.82, 2.24) is 4.98 Å². The van der Waals surface area contributed by atoms with Crippen LogP contribution in [0.4, 0.5) is 0 Å². The molecule has 1 aromatic carbocycles. The van der Waals surface area contributed by atoms with E-state index >= 15 is 0 Å². The smallest absolute Gasteiger partial charge is 0.192 e. The first kappa shape index (κ1) is 10.4. The Morgan fingerprint density at radius 2 is 2.29 bits per heavy atom. The zero-order valence-corrected chi connectivity index (χ0v) is 9.73. The number of oxazole rings is 1. The lowest BCUT2D eigenvalue weighted by Gasteiger charge is -2.06. The topological polar surface area (TPSA) is 57.0 Å². The van der Waals surface area contributed by atoms with Crippen LogP contribution >= 0.6 is 0 Å². The van der Waals surface area contributed by atoms with E-state index in [1.165, 1.54) is 0 Å². The van der Waals surface area contributed by atoms with Gasteiger partial charge >= 0.3 is 0 Å². The Balaban J connectivity index is 1.98. The summed E-state index contributed by atoms with van der Waals surface area (Å²) in [7, 11) is 1.61. The lowest BCUT2D eigenvalue weighted by atomic mass is 10.3. The molecule has 90 valence electrons. The minimum atomic E-state index is 0.212. The molecule has 1 aliphatic rings. The Bertz CT molecular complexity index is 545. The molecule has 2 aromatic rings. The lowest BCUT2D eigenvalue weighted by Crippen LogP contribution is -2.04.